The summed E-state index contributed by atoms with van der Waals surface area (Å²) in [4.78, 5) is 20.0. The highest BCUT2D eigenvalue weighted by Gasteiger charge is 2.19. The van der Waals surface area contributed by atoms with Crippen molar-refractivity contribution < 1.29 is 4.79 Å². The molecule has 2 aromatic heterocycles. The molecule has 0 spiro atoms. The predicted molar refractivity (Wildman–Crippen MR) is 89.9 cm³/mol. The number of nitrogens with zero attached hydrogens (tertiary/aromatic N) is 2. The molecule has 22 heavy (non-hydrogen) atoms. The summed E-state index contributed by atoms with van der Waals surface area (Å²) in [5.74, 6) is 0.247. The third-order valence-electron chi connectivity index (χ3n) is 3.58. The highest BCUT2D eigenvalue weighted by molar-refractivity contribution is 5.81. The van der Waals surface area contributed by atoms with Crippen molar-refractivity contribution in [2.24, 2.45) is 0 Å². The van der Waals surface area contributed by atoms with E-state index in [4.69, 9.17) is 0 Å². The van der Waals surface area contributed by atoms with Gasteiger partial charge in [-0.05, 0) is 37.6 Å². The van der Waals surface area contributed by atoms with Crippen molar-refractivity contribution in [1.82, 2.24) is 15.3 Å². The Labute approximate surface area is 132 Å². The van der Waals surface area contributed by atoms with Gasteiger partial charge in [0.25, 0.3) is 0 Å². The van der Waals surface area contributed by atoms with Crippen molar-refractivity contribution in [2.45, 2.75) is 52.5 Å². The van der Waals surface area contributed by atoms with Gasteiger partial charge in [0.2, 0.25) is 0 Å². The van der Waals surface area contributed by atoms with Crippen molar-refractivity contribution in [1.29, 1.82) is 0 Å². The van der Waals surface area contributed by atoms with Crippen LogP contribution in [0.25, 0.3) is 10.9 Å². The van der Waals surface area contributed by atoms with Crippen molar-refractivity contribution >= 4 is 16.7 Å². The van der Waals surface area contributed by atoms with Crippen molar-refractivity contribution in [2.75, 3.05) is 6.54 Å². The first-order valence-electron chi connectivity index (χ1n) is 7.82. The van der Waals surface area contributed by atoms with Crippen molar-refractivity contribution in [3.8, 4) is 0 Å². The average molecular weight is 299 g/mol. The predicted octanol–water partition coefficient (Wildman–Crippen LogP) is 3.39. The fraction of sp³-hybridized carbons (Fsp3) is 0.500. The first-order valence-corrected chi connectivity index (χ1v) is 7.82. The summed E-state index contributed by atoms with van der Waals surface area (Å²) in [7, 11) is 0. The largest absolute Gasteiger partial charge is 0.313 e. The van der Waals surface area contributed by atoms with E-state index in [-0.39, 0.29) is 11.2 Å². The van der Waals surface area contributed by atoms with Gasteiger partial charge in [0.15, 0.2) is 0 Å². The summed E-state index contributed by atoms with van der Waals surface area (Å²) in [6.45, 7) is 9.71. The molecule has 0 aromatic carbocycles. The second kappa shape index (κ2) is 6.97. The molecular formula is C18H25N3O. The Bertz CT molecular complexity index is 659. The van der Waals surface area contributed by atoms with Gasteiger partial charge < -0.3 is 10.1 Å². The highest BCUT2D eigenvalue weighted by Crippen LogP contribution is 2.26. The number of fused-ring (bicyclic) bond motifs is 1. The summed E-state index contributed by atoms with van der Waals surface area (Å²) >= 11 is 0. The molecular weight excluding hydrogens is 274 g/mol. The number of rotatable bonds is 6. The average Bonchev–Trinajstić information content (AvgIpc) is 2.44. The fourth-order valence-electron chi connectivity index (χ4n) is 2.45. The van der Waals surface area contributed by atoms with Gasteiger partial charge in [-0.1, -0.05) is 20.8 Å². The molecule has 0 atom stereocenters. The van der Waals surface area contributed by atoms with E-state index in [2.05, 4.69) is 42.1 Å². The molecule has 0 radical (unpaired) electrons. The quantitative estimate of drug-likeness (QED) is 0.831. The topological polar surface area (TPSA) is 54.9 Å². The van der Waals surface area contributed by atoms with Crippen LogP contribution in [0.3, 0.4) is 0 Å². The Hall–Kier alpha value is -1.81. The second-order valence-corrected chi connectivity index (χ2v) is 6.81. The van der Waals surface area contributed by atoms with Gasteiger partial charge in [-0.15, -0.1) is 0 Å². The standard InChI is InChI=1S/C18H25N3O/c1-13(22)6-5-8-19-11-14-10-15-7-9-20-17(18(2,3)4)16(15)21-12-14/h7,9-10,12,19H,5-6,8,11H2,1-4H3. The van der Waals surface area contributed by atoms with Gasteiger partial charge in [-0.25, -0.2) is 0 Å². The Morgan fingerprint density at radius 2 is 2.05 bits per heavy atom. The smallest absolute Gasteiger partial charge is 0.129 e. The van der Waals surface area contributed by atoms with Gasteiger partial charge in [-0.3, -0.25) is 9.97 Å². The number of hydrogen-bond donors (Lipinski definition) is 1. The van der Waals surface area contributed by atoms with Crippen LogP contribution in [0, 0.1) is 0 Å². The van der Waals surface area contributed by atoms with Gasteiger partial charge in [0, 0.05) is 36.2 Å². The Morgan fingerprint density at radius 3 is 2.73 bits per heavy atom. The normalized spacial score (nSPS) is 11.8. The lowest BCUT2D eigenvalue weighted by Crippen LogP contribution is -2.16. The monoisotopic (exact) mass is 299 g/mol. The van der Waals surface area contributed by atoms with E-state index < -0.39 is 0 Å². The molecule has 0 saturated carbocycles. The van der Waals surface area contributed by atoms with E-state index in [0.717, 1.165) is 41.7 Å². The lowest BCUT2D eigenvalue weighted by molar-refractivity contribution is -0.117. The maximum absolute atomic E-state index is 10.9. The van der Waals surface area contributed by atoms with E-state index in [1.807, 2.05) is 18.5 Å². The summed E-state index contributed by atoms with van der Waals surface area (Å²) in [5, 5.41) is 4.49. The van der Waals surface area contributed by atoms with Gasteiger partial charge >= 0.3 is 0 Å². The fourth-order valence-corrected chi connectivity index (χ4v) is 2.45. The minimum Gasteiger partial charge on any atom is -0.313 e. The number of carbonyl (C=O) groups is 1. The molecule has 0 aliphatic carbocycles. The molecule has 0 unspecified atom stereocenters. The summed E-state index contributed by atoms with van der Waals surface area (Å²) < 4.78 is 0. The maximum atomic E-state index is 10.9. The number of ketones is 1. The molecule has 0 saturated heterocycles. The Kier molecular flexibility index (Phi) is 5.24. The molecule has 4 heteroatoms. The number of Topliss-reactive ketones (excluding diaryl/α,β-unsaturated/α-hetero) is 1. The molecule has 0 bridgehead atoms. The molecule has 0 amide bonds. The van der Waals surface area contributed by atoms with Crippen LogP contribution in [0.5, 0.6) is 0 Å². The minimum atomic E-state index is -0.0149. The first kappa shape index (κ1) is 16.6. The number of aromatic nitrogens is 2. The van der Waals surface area contributed by atoms with Crippen LogP contribution in [0.2, 0.25) is 0 Å². The molecule has 2 heterocycles. The number of hydrogen-bond acceptors (Lipinski definition) is 4. The molecule has 118 valence electrons. The lowest BCUT2D eigenvalue weighted by Gasteiger charge is -2.19. The second-order valence-electron chi connectivity index (χ2n) is 6.81. The lowest BCUT2D eigenvalue weighted by atomic mass is 9.90. The minimum absolute atomic E-state index is 0.0149. The zero-order valence-electron chi connectivity index (χ0n) is 13.9. The van der Waals surface area contributed by atoms with Gasteiger partial charge in [-0.2, -0.15) is 0 Å². The number of carbonyl (C=O) groups excluding carboxylic acids is 1. The van der Waals surface area contributed by atoms with Crippen LogP contribution in [-0.4, -0.2) is 22.3 Å². The number of nitrogens with one attached hydrogen (secondary N) is 1. The van der Waals surface area contributed by atoms with Crippen molar-refractivity contribution in [3.05, 3.63) is 35.8 Å². The van der Waals surface area contributed by atoms with Crippen LogP contribution in [0.15, 0.2) is 24.5 Å². The van der Waals surface area contributed by atoms with Gasteiger partial charge in [0.05, 0.1) is 11.2 Å². The molecule has 0 aliphatic heterocycles. The van der Waals surface area contributed by atoms with Crippen LogP contribution in [-0.2, 0) is 16.8 Å². The van der Waals surface area contributed by atoms with E-state index >= 15 is 0 Å². The van der Waals surface area contributed by atoms with Crippen LogP contribution >= 0.6 is 0 Å². The molecule has 2 rings (SSSR count). The third kappa shape index (κ3) is 4.34. The SMILES string of the molecule is CC(=O)CCCNCc1cnc2c(C(C)(C)C)nccc2c1. The first-order chi connectivity index (χ1) is 10.4. The highest BCUT2D eigenvalue weighted by atomic mass is 16.1. The van der Waals surface area contributed by atoms with Crippen molar-refractivity contribution in [3.63, 3.8) is 0 Å². The summed E-state index contributed by atoms with van der Waals surface area (Å²) in [6, 6.07) is 4.17. The molecule has 0 fully saturated rings. The molecule has 1 N–H and O–H groups in total. The maximum Gasteiger partial charge on any atom is 0.129 e. The number of pyridine rings is 2. The van der Waals surface area contributed by atoms with E-state index in [1.54, 1.807) is 6.92 Å². The summed E-state index contributed by atoms with van der Waals surface area (Å²) in [6.07, 6.45) is 5.30. The third-order valence-corrected chi connectivity index (χ3v) is 3.58. The Morgan fingerprint density at radius 1 is 1.27 bits per heavy atom. The van der Waals surface area contributed by atoms with E-state index in [0.29, 0.717) is 6.42 Å². The van der Waals surface area contributed by atoms with Crippen LogP contribution in [0.4, 0.5) is 0 Å². The van der Waals surface area contributed by atoms with Gasteiger partial charge in [0.1, 0.15) is 5.78 Å². The van der Waals surface area contributed by atoms with Crippen LogP contribution < -0.4 is 5.32 Å². The van der Waals surface area contributed by atoms with Crippen LogP contribution in [0.1, 0.15) is 51.8 Å². The zero-order chi connectivity index (χ0) is 16.2. The summed E-state index contributed by atoms with van der Waals surface area (Å²) in [5.41, 5.74) is 3.15. The molecule has 0 aliphatic rings. The zero-order valence-corrected chi connectivity index (χ0v) is 13.9. The van der Waals surface area contributed by atoms with E-state index in [9.17, 15) is 4.79 Å². The Balaban J connectivity index is 2.07. The van der Waals surface area contributed by atoms with E-state index in [1.165, 1.54) is 0 Å². The molecule has 2 aromatic rings. The molecule has 4 nitrogen and oxygen atoms in total.